The van der Waals surface area contributed by atoms with E-state index in [1.54, 1.807) is 0 Å². The first-order chi connectivity index (χ1) is 6.00. The predicted octanol–water partition coefficient (Wildman–Crippen LogP) is -6.18. The molecule has 0 atom stereocenters. The molecule has 17 heavy (non-hydrogen) atoms. The number of rotatable bonds is 0. The summed E-state index contributed by atoms with van der Waals surface area (Å²) in [5.74, 6) is 0. The first-order valence-electron chi connectivity index (χ1n) is 1.34. The van der Waals surface area contributed by atoms with Crippen LogP contribution in [0.15, 0.2) is 0 Å². The summed E-state index contributed by atoms with van der Waals surface area (Å²) in [6.45, 7) is 28.5. The second-order valence-corrected chi connectivity index (χ2v) is 0. The van der Waals surface area contributed by atoms with Crippen LogP contribution in [0.2, 0.25) is 0 Å². The first kappa shape index (κ1) is 84.0. The Morgan fingerprint density at radius 1 is 0.353 bits per heavy atom. The van der Waals surface area contributed by atoms with Crippen molar-refractivity contribution >= 4 is 103 Å². The first-order valence-corrected chi connectivity index (χ1v) is 1.34. The smallest absolute Gasteiger partial charge is 0.512 e. The number of hydrogen-bond donors (Lipinski definition) is 0. The van der Waals surface area contributed by atoms with Gasteiger partial charge in [0.15, 0.2) is 0 Å². The van der Waals surface area contributed by atoms with Crippen LogP contribution in [-0.4, -0.2) is 103 Å². The van der Waals surface area contributed by atoms with E-state index in [0.29, 0.717) is 0 Å². The quantitative estimate of drug-likeness (QED) is 0.307. The van der Waals surface area contributed by atoms with Crippen LogP contribution < -0.4 is 103 Å². The molecule has 0 N–H and O–H groups in total. The fraction of sp³-hybridized carbons (Fsp3) is 0. The van der Waals surface area contributed by atoms with Gasteiger partial charge in [0, 0.05) is 103 Å². The fourth-order valence-electron chi connectivity index (χ4n) is 0. The van der Waals surface area contributed by atoms with Crippen molar-refractivity contribution in [3.8, 4) is 0 Å². The van der Waals surface area contributed by atoms with Gasteiger partial charge in [-0.1, -0.05) is 0 Å². The van der Waals surface area contributed by atoms with Crippen LogP contribution in [0.1, 0.15) is 0 Å². The van der Waals surface area contributed by atoms with Gasteiger partial charge in [-0.2, -0.15) is 0 Å². The number of hydrogen-bond acceptors (Lipinski definition) is 6. The molecular formula is C6FeK4N6. The third-order valence-electron chi connectivity index (χ3n) is 0. The predicted molar refractivity (Wildman–Crippen MR) is 41.3 cm³/mol. The summed E-state index contributed by atoms with van der Waals surface area (Å²) in [7, 11) is 0. The van der Waals surface area contributed by atoms with Crippen molar-refractivity contribution in [1.82, 2.24) is 0 Å². The van der Waals surface area contributed by atoms with Crippen LogP contribution >= 0.6 is 0 Å². The second-order valence-electron chi connectivity index (χ2n) is 0. The molecule has 0 rings (SSSR count). The second kappa shape index (κ2) is 450. The van der Waals surface area contributed by atoms with E-state index in [9.17, 15) is 0 Å². The Labute approximate surface area is 284 Å². The van der Waals surface area contributed by atoms with Crippen LogP contribution in [0.5, 0.6) is 0 Å². The normalized spacial score (nSPS) is 0.706. The topological polar surface area (TPSA) is 143 Å². The molecule has 0 saturated carbocycles. The fourth-order valence-corrected chi connectivity index (χ4v) is 0. The zero-order chi connectivity index (χ0) is 12.0. The Morgan fingerprint density at radius 2 is 0.353 bits per heavy atom. The molecule has 0 fully saturated rings. The molecule has 0 aliphatic carbocycles. The molecule has 0 aliphatic heterocycles. The van der Waals surface area contributed by atoms with Crippen molar-refractivity contribution in [3.63, 3.8) is 0 Å². The van der Waals surface area contributed by atoms with Gasteiger partial charge in [-0.15, -0.1) is 0 Å². The molecule has 0 spiro atoms. The van der Waals surface area contributed by atoms with Crippen LogP contribution in [-0.2, 0) is 17.1 Å². The van der Waals surface area contributed by atoms with E-state index in [2.05, 4.69) is 0 Å². The van der Waals surface area contributed by atoms with E-state index in [4.69, 9.17) is 71.0 Å². The average Bonchev–Trinajstić information content (AvgIpc) is 2.33. The summed E-state index contributed by atoms with van der Waals surface area (Å²) in [4.78, 5) is 0. The zero-order valence-corrected chi connectivity index (χ0v) is 23.6. The van der Waals surface area contributed by atoms with E-state index in [-0.39, 0.29) is 223 Å². The van der Waals surface area contributed by atoms with Crippen LogP contribution in [0.3, 0.4) is 0 Å². The molecule has 66 valence electrons. The molecule has 0 aliphatic rings. The molecule has 0 unspecified atom stereocenters. The van der Waals surface area contributed by atoms with E-state index >= 15 is 0 Å². The molecule has 0 saturated heterocycles. The molecule has 0 heterocycles. The maximum Gasteiger partial charge on any atom is 4.00 e. The monoisotopic (exact) mass is 368 g/mol. The van der Waals surface area contributed by atoms with Crippen molar-refractivity contribution < 1.29 is 120 Å². The number of nitrogens with zero attached hydrogens (tertiary/aromatic N) is 6. The van der Waals surface area contributed by atoms with Gasteiger partial charge in [-0.3, -0.25) is 0 Å². The SMILES string of the molecule is [C-]#N.[C-]#N.[C-]#N.[C-]#N.[C-]#N.[C-]#N.[Fe+4].[K+].[K+].[K].[K]. The van der Waals surface area contributed by atoms with Gasteiger partial charge in [0.25, 0.3) is 0 Å². The Hall–Kier alpha value is 4.00. The minimum Gasteiger partial charge on any atom is -0.512 e. The van der Waals surface area contributed by atoms with Crippen molar-refractivity contribution in [3.05, 3.63) is 39.4 Å². The van der Waals surface area contributed by atoms with Gasteiger partial charge >= 0.3 is 120 Å². The van der Waals surface area contributed by atoms with Crippen LogP contribution in [0.25, 0.3) is 0 Å². The summed E-state index contributed by atoms with van der Waals surface area (Å²) in [6, 6.07) is 0. The summed E-state index contributed by atoms with van der Waals surface area (Å²) in [5.41, 5.74) is 0. The van der Waals surface area contributed by atoms with Gasteiger partial charge in [0.1, 0.15) is 0 Å². The van der Waals surface area contributed by atoms with Crippen molar-refractivity contribution in [2.75, 3.05) is 0 Å². The van der Waals surface area contributed by atoms with E-state index in [1.807, 2.05) is 0 Å². The van der Waals surface area contributed by atoms with E-state index in [1.165, 1.54) is 0 Å². The molecule has 0 aromatic carbocycles. The standard InChI is InChI=1S/6CN.Fe.4K/c6*1-2;;;;;/q6*-1;+4;;;2*+1. The largest absolute Gasteiger partial charge is 4.00 e. The molecule has 11 heteroatoms. The third kappa shape index (κ3) is 404. The van der Waals surface area contributed by atoms with Crippen LogP contribution in [0.4, 0.5) is 0 Å². The molecule has 0 amide bonds. The Balaban J connectivity index is -0.00000000267. The summed E-state index contributed by atoms with van der Waals surface area (Å²) in [5, 5.41) is 37.5. The third-order valence-corrected chi connectivity index (χ3v) is 0. The van der Waals surface area contributed by atoms with Gasteiger partial charge < -0.3 is 71.0 Å². The maximum atomic E-state index is 6.25. The Bertz CT molecular complexity index is 106. The molecule has 0 aromatic heterocycles. The molecular weight excluding hydrogens is 368 g/mol. The summed E-state index contributed by atoms with van der Waals surface area (Å²) >= 11 is 0. The van der Waals surface area contributed by atoms with Gasteiger partial charge in [0.05, 0.1) is 0 Å². The van der Waals surface area contributed by atoms with E-state index < -0.39 is 0 Å². The Kier molecular flexibility index (Phi) is 2230. The minimum atomic E-state index is 0. The molecule has 2 radical (unpaired) electrons. The molecule has 0 bridgehead atoms. The minimum absolute atomic E-state index is 0. The van der Waals surface area contributed by atoms with Crippen molar-refractivity contribution in [2.24, 2.45) is 0 Å². The van der Waals surface area contributed by atoms with Crippen molar-refractivity contribution in [1.29, 1.82) is 31.6 Å². The summed E-state index contributed by atoms with van der Waals surface area (Å²) < 4.78 is 0. The van der Waals surface area contributed by atoms with Gasteiger partial charge in [-0.25, -0.2) is 0 Å². The Morgan fingerprint density at radius 3 is 0.353 bits per heavy atom. The van der Waals surface area contributed by atoms with Gasteiger partial charge in [-0.05, 0) is 0 Å². The zero-order valence-electron chi connectivity index (χ0n) is 10.0. The average molecular weight is 368 g/mol. The molecule has 6 nitrogen and oxygen atoms in total. The maximum absolute atomic E-state index is 6.25. The van der Waals surface area contributed by atoms with Crippen molar-refractivity contribution in [2.45, 2.75) is 0 Å². The van der Waals surface area contributed by atoms with Gasteiger partial charge in [0.2, 0.25) is 0 Å². The van der Waals surface area contributed by atoms with E-state index in [0.717, 1.165) is 0 Å². The summed E-state index contributed by atoms with van der Waals surface area (Å²) in [6.07, 6.45) is 0. The molecule has 0 aromatic rings. The van der Waals surface area contributed by atoms with Crippen LogP contribution in [0, 0.1) is 71.0 Å².